The molecule has 0 radical (unpaired) electrons. The van der Waals surface area contributed by atoms with Crippen LogP contribution in [0.25, 0.3) is 0 Å². The van der Waals surface area contributed by atoms with E-state index in [1.807, 2.05) is 12.1 Å². The monoisotopic (exact) mass is 273 g/mol. The van der Waals surface area contributed by atoms with Crippen molar-refractivity contribution in [2.24, 2.45) is 0 Å². The van der Waals surface area contributed by atoms with Crippen LogP contribution in [0.5, 0.6) is 0 Å². The van der Waals surface area contributed by atoms with Crippen molar-refractivity contribution in [1.82, 2.24) is 9.80 Å². The fourth-order valence-corrected chi connectivity index (χ4v) is 3.35. The van der Waals surface area contributed by atoms with Crippen molar-refractivity contribution in [3.63, 3.8) is 0 Å². The zero-order chi connectivity index (χ0) is 13.9. The lowest BCUT2D eigenvalue weighted by atomic mass is 10.1. The second kappa shape index (κ2) is 5.83. The van der Waals surface area contributed by atoms with Crippen LogP contribution in [-0.4, -0.2) is 47.9 Å². The molecule has 20 heavy (non-hydrogen) atoms. The van der Waals surface area contributed by atoms with Crippen molar-refractivity contribution >= 4 is 11.6 Å². The van der Waals surface area contributed by atoms with E-state index in [4.69, 9.17) is 5.73 Å². The first-order valence-corrected chi connectivity index (χ1v) is 7.63. The number of rotatable bonds is 3. The number of nitrogen functional groups attached to an aromatic ring is 1. The SMILES string of the molecule is Nc1ccc(C(=O)N2CCC[C@H]2CN2CCCC2)cc1. The van der Waals surface area contributed by atoms with Crippen molar-refractivity contribution in [2.45, 2.75) is 31.7 Å². The number of amides is 1. The van der Waals surface area contributed by atoms with E-state index >= 15 is 0 Å². The molecule has 2 heterocycles. The van der Waals surface area contributed by atoms with Gasteiger partial charge in [-0.25, -0.2) is 0 Å². The Morgan fingerprint density at radius 2 is 1.80 bits per heavy atom. The zero-order valence-corrected chi connectivity index (χ0v) is 11.9. The van der Waals surface area contributed by atoms with Gasteiger partial charge in [0.15, 0.2) is 0 Å². The average Bonchev–Trinajstić information content (AvgIpc) is 3.11. The Morgan fingerprint density at radius 3 is 2.50 bits per heavy atom. The number of hydrogen-bond donors (Lipinski definition) is 1. The topological polar surface area (TPSA) is 49.6 Å². The summed E-state index contributed by atoms with van der Waals surface area (Å²) in [6.07, 6.45) is 4.87. The molecule has 0 aromatic heterocycles. The maximum Gasteiger partial charge on any atom is 0.254 e. The third-order valence-corrected chi connectivity index (χ3v) is 4.46. The van der Waals surface area contributed by atoms with Crippen molar-refractivity contribution in [1.29, 1.82) is 0 Å². The maximum atomic E-state index is 12.6. The summed E-state index contributed by atoms with van der Waals surface area (Å²) >= 11 is 0. The fraction of sp³-hybridized carbons (Fsp3) is 0.562. The average molecular weight is 273 g/mol. The second-order valence-corrected chi connectivity index (χ2v) is 5.92. The smallest absolute Gasteiger partial charge is 0.254 e. The van der Waals surface area contributed by atoms with Gasteiger partial charge < -0.3 is 15.5 Å². The number of benzene rings is 1. The lowest BCUT2D eigenvalue weighted by molar-refractivity contribution is 0.0709. The first-order chi connectivity index (χ1) is 9.74. The number of carbonyl (C=O) groups is 1. The van der Waals surface area contributed by atoms with Gasteiger partial charge in [0.2, 0.25) is 0 Å². The molecular weight excluding hydrogens is 250 g/mol. The highest BCUT2D eigenvalue weighted by atomic mass is 16.2. The Morgan fingerprint density at radius 1 is 1.10 bits per heavy atom. The third-order valence-electron chi connectivity index (χ3n) is 4.46. The molecule has 2 aliphatic rings. The van der Waals surface area contributed by atoms with E-state index in [1.165, 1.54) is 25.9 Å². The Hall–Kier alpha value is -1.55. The van der Waals surface area contributed by atoms with Crippen LogP contribution in [0, 0.1) is 0 Å². The summed E-state index contributed by atoms with van der Waals surface area (Å²) in [5.74, 6) is 0.159. The lowest BCUT2D eigenvalue weighted by Crippen LogP contribution is -2.42. The van der Waals surface area contributed by atoms with E-state index < -0.39 is 0 Å². The summed E-state index contributed by atoms with van der Waals surface area (Å²) in [6.45, 7) is 4.32. The number of nitrogens with two attached hydrogens (primary N) is 1. The van der Waals surface area contributed by atoms with E-state index in [9.17, 15) is 4.79 Å². The highest BCUT2D eigenvalue weighted by molar-refractivity contribution is 5.94. The van der Waals surface area contributed by atoms with Crippen LogP contribution in [0.15, 0.2) is 24.3 Å². The van der Waals surface area contributed by atoms with Gasteiger partial charge in [0.05, 0.1) is 0 Å². The molecule has 1 aromatic rings. The van der Waals surface area contributed by atoms with E-state index in [-0.39, 0.29) is 5.91 Å². The Balaban J connectivity index is 1.67. The van der Waals surface area contributed by atoms with Crippen molar-refractivity contribution in [3.05, 3.63) is 29.8 Å². The molecule has 0 unspecified atom stereocenters. The molecule has 0 aliphatic carbocycles. The minimum Gasteiger partial charge on any atom is -0.399 e. The van der Waals surface area contributed by atoms with Crippen LogP contribution in [-0.2, 0) is 0 Å². The lowest BCUT2D eigenvalue weighted by Gasteiger charge is -2.28. The molecule has 4 nitrogen and oxygen atoms in total. The number of anilines is 1. The molecule has 1 aromatic carbocycles. The standard InChI is InChI=1S/C16H23N3O/c17-14-7-5-13(6-8-14)16(20)19-11-3-4-15(19)12-18-9-1-2-10-18/h5-8,15H,1-4,9-12,17H2/t15-/m0/s1. The Bertz CT molecular complexity index is 465. The van der Waals surface area contributed by atoms with Crippen LogP contribution >= 0.6 is 0 Å². The van der Waals surface area contributed by atoms with Crippen LogP contribution in [0.3, 0.4) is 0 Å². The van der Waals surface area contributed by atoms with Gasteiger partial charge in [-0.05, 0) is 63.0 Å². The van der Waals surface area contributed by atoms with Crippen LogP contribution in [0.1, 0.15) is 36.0 Å². The quantitative estimate of drug-likeness (QED) is 0.857. The fourth-order valence-electron chi connectivity index (χ4n) is 3.35. The molecule has 1 atom stereocenters. The van der Waals surface area contributed by atoms with Gasteiger partial charge in [-0.3, -0.25) is 4.79 Å². The van der Waals surface area contributed by atoms with E-state index in [2.05, 4.69) is 9.80 Å². The first-order valence-electron chi connectivity index (χ1n) is 7.63. The van der Waals surface area contributed by atoms with E-state index in [0.29, 0.717) is 11.7 Å². The summed E-state index contributed by atoms with van der Waals surface area (Å²) in [4.78, 5) is 17.2. The number of likely N-dealkylation sites (tertiary alicyclic amines) is 2. The maximum absolute atomic E-state index is 12.6. The predicted octanol–water partition coefficient (Wildman–Crippen LogP) is 1.97. The summed E-state index contributed by atoms with van der Waals surface area (Å²) in [5.41, 5.74) is 7.15. The summed E-state index contributed by atoms with van der Waals surface area (Å²) in [5, 5.41) is 0. The van der Waals surface area contributed by atoms with Crippen LogP contribution in [0.2, 0.25) is 0 Å². The van der Waals surface area contributed by atoms with Crippen LogP contribution < -0.4 is 5.73 Å². The van der Waals surface area contributed by atoms with Crippen LogP contribution in [0.4, 0.5) is 5.69 Å². The molecule has 2 saturated heterocycles. The van der Waals surface area contributed by atoms with Gasteiger partial charge in [0, 0.05) is 30.4 Å². The minimum atomic E-state index is 0.159. The van der Waals surface area contributed by atoms with Gasteiger partial charge in [-0.15, -0.1) is 0 Å². The summed E-state index contributed by atoms with van der Waals surface area (Å²) in [6, 6.07) is 7.67. The second-order valence-electron chi connectivity index (χ2n) is 5.92. The van der Waals surface area contributed by atoms with Gasteiger partial charge in [0.25, 0.3) is 5.91 Å². The number of hydrogen-bond acceptors (Lipinski definition) is 3. The Kier molecular flexibility index (Phi) is 3.92. The number of nitrogens with zero attached hydrogens (tertiary/aromatic N) is 2. The molecule has 2 N–H and O–H groups in total. The molecule has 2 fully saturated rings. The number of carbonyl (C=O) groups excluding carboxylic acids is 1. The molecule has 108 valence electrons. The molecule has 4 heteroatoms. The molecule has 0 saturated carbocycles. The summed E-state index contributed by atoms with van der Waals surface area (Å²) in [7, 11) is 0. The minimum absolute atomic E-state index is 0.159. The van der Waals surface area contributed by atoms with E-state index in [0.717, 1.165) is 31.5 Å². The van der Waals surface area contributed by atoms with Gasteiger partial charge in [-0.2, -0.15) is 0 Å². The third kappa shape index (κ3) is 2.80. The molecule has 0 bridgehead atoms. The molecule has 3 rings (SSSR count). The van der Waals surface area contributed by atoms with Crippen molar-refractivity contribution in [2.75, 3.05) is 31.9 Å². The van der Waals surface area contributed by atoms with E-state index in [1.54, 1.807) is 12.1 Å². The highest BCUT2D eigenvalue weighted by Gasteiger charge is 2.31. The van der Waals surface area contributed by atoms with Gasteiger partial charge in [0.1, 0.15) is 0 Å². The van der Waals surface area contributed by atoms with Crippen molar-refractivity contribution < 1.29 is 4.79 Å². The molecule has 2 aliphatic heterocycles. The zero-order valence-electron chi connectivity index (χ0n) is 11.9. The molecule has 0 spiro atoms. The summed E-state index contributed by atoms with van der Waals surface area (Å²) < 4.78 is 0. The molecule has 1 amide bonds. The Labute approximate surface area is 120 Å². The largest absolute Gasteiger partial charge is 0.399 e. The highest BCUT2D eigenvalue weighted by Crippen LogP contribution is 2.22. The first kappa shape index (κ1) is 13.4. The van der Waals surface area contributed by atoms with Gasteiger partial charge in [-0.1, -0.05) is 0 Å². The molecular formula is C16H23N3O. The predicted molar refractivity (Wildman–Crippen MR) is 80.6 cm³/mol. The van der Waals surface area contributed by atoms with Crippen molar-refractivity contribution in [3.8, 4) is 0 Å². The van der Waals surface area contributed by atoms with Gasteiger partial charge >= 0.3 is 0 Å². The normalized spacial score (nSPS) is 23.4.